The largest absolute Gasteiger partial charge is 0.481 e. The average molecular weight is 344 g/mol. The van der Waals surface area contributed by atoms with Crippen molar-refractivity contribution in [2.45, 2.75) is 11.3 Å². The molecule has 0 spiro atoms. The number of anilines is 1. The van der Waals surface area contributed by atoms with Gasteiger partial charge in [0.05, 0.1) is 16.3 Å². The van der Waals surface area contributed by atoms with Crippen LogP contribution >= 0.6 is 34.7 Å². The number of aliphatic carboxylic acids is 1. The smallest absolute Gasteiger partial charge is 0.313 e. The molecule has 0 saturated carbocycles. The van der Waals surface area contributed by atoms with Crippen LogP contribution < -0.4 is 5.32 Å². The first-order valence-corrected chi connectivity index (χ1v) is 7.90. The number of carbonyl (C=O) groups excluding carboxylic acids is 1. The Morgan fingerprint density at radius 1 is 1.43 bits per heavy atom. The SMILES string of the molecule is Cc1cccc(C(=O)Nc2nnc(SCC(=O)O)s2)c1Cl. The van der Waals surface area contributed by atoms with Crippen LogP contribution in [-0.2, 0) is 4.79 Å². The number of aromatic nitrogens is 2. The molecule has 0 radical (unpaired) electrons. The standard InChI is InChI=1S/C12H10ClN3O3S2/c1-6-3-2-4-7(9(6)13)10(19)14-11-15-16-12(21-11)20-5-8(17)18/h2-4H,5H2,1H3,(H,17,18)(H,14,15,19). The Morgan fingerprint density at radius 3 is 2.90 bits per heavy atom. The molecule has 0 atom stereocenters. The van der Waals surface area contributed by atoms with Gasteiger partial charge in [-0.25, -0.2) is 0 Å². The molecule has 0 aliphatic heterocycles. The summed E-state index contributed by atoms with van der Waals surface area (Å²) in [6.07, 6.45) is 0. The van der Waals surface area contributed by atoms with Gasteiger partial charge in [0, 0.05) is 0 Å². The highest BCUT2D eigenvalue weighted by Gasteiger charge is 2.14. The van der Waals surface area contributed by atoms with Gasteiger partial charge in [0.25, 0.3) is 5.91 Å². The number of rotatable bonds is 5. The number of carboxylic acids is 1. The third kappa shape index (κ3) is 4.16. The van der Waals surface area contributed by atoms with Crippen molar-refractivity contribution in [3.05, 3.63) is 34.3 Å². The summed E-state index contributed by atoms with van der Waals surface area (Å²) in [5.41, 5.74) is 1.16. The molecule has 0 aliphatic carbocycles. The number of thioether (sulfide) groups is 1. The molecule has 0 bridgehead atoms. The number of hydrogen-bond donors (Lipinski definition) is 2. The summed E-state index contributed by atoms with van der Waals surface area (Å²) in [5.74, 6) is -1.42. The van der Waals surface area contributed by atoms with Gasteiger partial charge in [0.1, 0.15) is 0 Å². The maximum Gasteiger partial charge on any atom is 0.313 e. The van der Waals surface area contributed by atoms with Crippen molar-refractivity contribution in [1.29, 1.82) is 0 Å². The summed E-state index contributed by atoms with van der Waals surface area (Å²) in [5, 5.41) is 19.5. The van der Waals surface area contributed by atoms with Crippen LogP contribution in [0.2, 0.25) is 5.02 Å². The molecule has 110 valence electrons. The van der Waals surface area contributed by atoms with E-state index in [9.17, 15) is 9.59 Å². The average Bonchev–Trinajstić information content (AvgIpc) is 2.87. The van der Waals surface area contributed by atoms with Crippen molar-refractivity contribution in [2.24, 2.45) is 0 Å². The number of benzene rings is 1. The van der Waals surface area contributed by atoms with Crippen LogP contribution in [0.15, 0.2) is 22.5 Å². The number of aryl methyl sites for hydroxylation is 1. The lowest BCUT2D eigenvalue weighted by molar-refractivity contribution is -0.133. The number of nitrogens with zero attached hydrogens (tertiary/aromatic N) is 2. The lowest BCUT2D eigenvalue weighted by Crippen LogP contribution is -2.12. The Balaban J connectivity index is 2.06. The molecule has 1 aromatic heterocycles. The number of carbonyl (C=O) groups is 2. The second-order valence-corrected chi connectivity index (χ2v) is 6.52. The van der Waals surface area contributed by atoms with E-state index in [2.05, 4.69) is 15.5 Å². The van der Waals surface area contributed by atoms with Crippen molar-refractivity contribution in [2.75, 3.05) is 11.1 Å². The molecule has 2 N–H and O–H groups in total. The number of nitrogens with one attached hydrogen (secondary N) is 1. The summed E-state index contributed by atoms with van der Waals surface area (Å²) in [4.78, 5) is 22.6. The van der Waals surface area contributed by atoms with Crippen molar-refractivity contribution >= 4 is 51.7 Å². The predicted molar refractivity (Wildman–Crippen MR) is 82.4 cm³/mol. The molecule has 2 aromatic rings. The summed E-state index contributed by atoms with van der Waals surface area (Å²) in [6.45, 7) is 1.81. The topological polar surface area (TPSA) is 92.2 Å². The zero-order chi connectivity index (χ0) is 15.4. The van der Waals surface area contributed by atoms with E-state index in [4.69, 9.17) is 16.7 Å². The monoisotopic (exact) mass is 343 g/mol. The first-order valence-electron chi connectivity index (χ1n) is 5.72. The van der Waals surface area contributed by atoms with Gasteiger partial charge in [0.2, 0.25) is 5.13 Å². The van der Waals surface area contributed by atoms with Crippen LogP contribution in [0.5, 0.6) is 0 Å². The van der Waals surface area contributed by atoms with Crippen molar-refractivity contribution in [1.82, 2.24) is 10.2 Å². The van der Waals surface area contributed by atoms with E-state index in [1.165, 1.54) is 0 Å². The van der Waals surface area contributed by atoms with Crippen molar-refractivity contribution < 1.29 is 14.7 Å². The first-order chi connectivity index (χ1) is 9.97. The minimum absolute atomic E-state index is 0.105. The van der Waals surface area contributed by atoms with Gasteiger partial charge in [-0.05, 0) is 18.6 Å². The van der Waals surface area contributed by atoms with E-state index in [1.54, 1.807) is 12.1 Å². The van der Waals surface area contributed by atoms with Crippen LogP contribution in [0, 0.1) is 6.92 Å². The highest BCUT2D eigenvalue weighted by molar-refractivity contribution is 8.01. The molecule has 1 aromatic carbocycles. The normalized spacial score (nSPS) is 10.4. The maximum absolute atomic E-state index is 12.1. The number of amides is 1. The lowest BCUT2D eigenvalue weighted by atomic mass is 10.1. The predicted octanol–water partition coefficient (Wildman–Crippen LogP) is 2.93. The van der Waals surface area contributed by atoms with E-state index in [1.807, 2.05) is 13.0 Å². The van der Waals surface area contributed by atoms with Crippen LogP contribution in [0.3, 0.4) is 0 Å². The molecule has 6 nitrogen and oxygen atoms in total. The Hall–Kier alpha value is -1.64. The second kappa shape index (κ2) is 6.88. The molecule has 0 fully saturated rings. The van der Waals surface area contributed by atoms with Gasteiger partial charge in [-0.3, -0.25) is 14.9 Å². The minimum atomic E-state index is -0.938. The van der Waals surface area contributed by atoms with Crippen LogP contribution in [-0.4, -0.2) is 32.9 Å². The van der Waals surface area contributed by atoms with Gasteiger partial charge in [-0.15, -0.1) is 10.2 Å². The quantitative estimate of drug-likeness (QED) is 0.640. The number of halogens is 1. The summed E-state index contributed by atoms with van der Waals surface area (Å²) in [6, 6.07) is 5.17. The zero-order valence-corrected chi connectivity index (χ0v) is 13.2. The highest BCUT2D eigenvalue weighted by Crippen LogP contribution is 2.26. The van der Waals surface area contributed by atoms with Crippen LogP contribution in [0.25, 0.3) is 0 Å². The minimum Gasteiger partial charge on any atom is -0.481 e. The van der Waals surface area contributed by atoms with Gasteiger partial charge in [-0.2, -0.15) is 0 Å². The van der Waals surface area contributed by atoms with Crippen LogP contribution in [0.1, 0.15) is 15.9 Å². The third-order valence-electron chi connectivity index (χ3n) is 2.38. The third-order valence-corrected chi connectivity index (χ3v) is 4.84. The van der Waals surface area contributed by atoms with Gasteiger partial charge >= 0.3 is 5.97 Å². The Morgan fingerprint density at radius 2 is 2.19 bits per heavy atom. The Bertz CT molecular complexity index is 690. The first kappa shape index (κ1) is 15.7. The highest BCUT2D eigenvalue weighted by atomic mass is 35.5. The lowest BCUT2D eigenvalue weighted by Gasteiger charge is -2.05. The molecular weight excluding hydrogens is 334 g/mol. The van der Waals surface area contributed by atoms with E-state index in [0.29, 0.717) is 20.1 Å². The maximum atomic E-state index is 12.1. The van der Waals surface area contributed by atoms with E-state index >= 15 is 0 Å². The second-order valence-electron chi connectivity index (χ2n) is 3.95. The molecule has 21 heavy (non-hydrogen) atoms. The molecule has 9 heteroatoms. The fourth-order valence-corrected chi connectivity index (χ4v) is 3.11. The summed E-state index contributed by atoms with van der Waals surface area (Å²) >= 11 is 8.24. The van der Waals surface area contributed by atoms with Crippen molar-refractivity contribution in [3.8, 4) is 0 Å². The zero-order valence-electron chi connectivity index (χ0n) is 10.8. The van der Waals surface area contributed by atoms with Crippen LogP contribution in [0.4, 0.5) is 5.13 Å². The van der Waals surface area contributed by atoms with Gasteiger partial charge in [0.15, 0.2) is 4.34 Å². The van der Waals surface area contributed by atoms with E-state index in [0.717, 1.165) is 28.7 Å². The molecule has 0 unspecified atom stereocenters. The Kier molecular flexibility index (Phi) is 5.16. The van der Waals surface area contributed by atoms with Crippen molar-refractivity contribution in [3.63, 3.8) is 0 Å². The molecule has 2 rings (SSSR count). The Labute approximate surface area is 133 Å². The molecule has 1 heterocycles. The fourth-order valence-electron chi connectivity index (χ4n) is 1.43. The fraction of sp³-hybridized carbons (Fsp3) is 0.167. The van der Waals surface area contributed by atoms with E-state index in [-0.39, 0.29) is 11.7 Å². The van der Waals surface area contributed by atoms with Gasteiger partial charge < -0.3 is 5.11 Å². The summed E-state index contributed by atoms with van der Waals surface area (Å²) < 4.78 is 0.475. The number of carboxylic acid groups (broad SMARTS) is 1. The molecule has 0 aliphatic rings. The molecule has 0 saturated heterocycles. The molecule has 1 amide bonds. The number of hydrogen-bond acceptors (Lipinski definition) is 6. The van der Waals surface area contributed by atoms with E-state index < -0.39 is 5.97 Å². The summed E-state index contributed by atoms with van der Waals surface area (Å²) in [7, 11) is 0. The molecular formula is C12H10ClN3O3S2. The van der Waals surface area contributed by atoms with Gasteiger partial charge in [-0.1, -0.05) is 46.8 Å².